The normalized spacial score (nSPS) is 10.5. The number of hydrogen-bond donors (Lipinski definition) is 1. The highest BCUT2D eigenvalue weighted by atomic mass is 79.9. The van der Waals surface area contributed by atoms with Crippen LogP contribution in [0.15, 0.2) is 16.6 Å². The molecule has 4 heteroatoms. The van der Waals surface area contributed by atoms with Gasteiger partial charge in [-0.3, -0.25) is 0 Å². The summed E-state index contributed by atoms with van der Waals surface area (Å²) in [6.07, 6.45) is 2.16. The monoisotopic (exact) mass is 305 g/mol. The minimum absolute atomic E-state index is 0.794. The van der Waals surface area contributed by atoms with Gasteiger partial charge in [-0.25, -0.2) is 0 Å². The zero-order valence-electron chi connectivity index (χ0n) is 9.65. The van der Waals surface area contributed by atoms with Crippen molar-refractivity contribution in [2.45, 2.75) is 19.8 Å². The van der Waals surface area contributed by atoms with Crippen molar-refractivity contribution >= 4 is 33.2 Å². The van der Waals surface area contributed by atoms with Crippen molar-refractivity contribution in [1.29, 1.82) is 0 Å². The van der Waals surface area contributed by atoms with Crippen LogP contribution in [0.5, 0.6) is 0 Å². The van der Waals surface area contributed by atoms with E-state index < -0.39 is 0 Å². The van der Waals surface area contributed by atoms with Crippen molar-refractivity contribution in [3.8, 4) is 0 Å². The third-order valence-corrected chi connectivity index (χ3v) is 3.40. The van der Waals surface area contributed by atoms with Crippen molar-refractivity contribution in [3.05, 3.63) is 27.2 Å². The first-order valence-corrected chi connectivity index (χ1v) is 6.50. The SMILES string of the molecule is COCCCCNc1cc(Cl)c(C)cc1Br. The van der Waals surface area contributed by atoms with Crippen LogP contribution in [-0.2, 0) is 4.74 Å². The lowest BCUT2D eigenvalue weighted by Gasteiger charge is -2.10. The smallest absolute Gasteiger partial charge is 0.0499 e. The molecular formula is C12H17BrClNO. The van der Waals surface area contributed by atoms with Crippen molar-refractivity contribution in [1.82, 2.24) is 0 Å². The molecule has 0 fully saturated rings. The van der Waals surface area contributed by atoms with Crippen LogP contribution < -0.4 is 5.32 Å². The number of benzene rings is 1. The number of rotatable bonds is 6. The number of anilines is 1. The Morgan fingerprint density at radius 3 is 2.81 bits per heavy atom. The second-order valence-electron chi connectivity index (χ2n) is 3.71. The maximum atomic E-state index is 6.07. The van der Waals surface area contributed by atoms with Gasteiger partial charge in [-0.05, 0) is 53.4 Å². The molecule has 1 N–H and O–H groups in total. The minimum Gasteiger partial charge on any atom is -0.385 e. The molecule has 0 saturated heterocycles. The van der Waals surface area contributed by atoms with E-state index in [4.69, 9.17) is 16.3 Å². The molecular weight excluding hydrogens is 289 g/mol. The maximum Gasteiger partial charge on any atom is 0.0499 e. The van der Waals surface area contributed by atoms with Crippen LogP contribution in [0.4, 0.5) is 5.69 Å². The Kier molecular flexibility index (Phi) is 6.17. The molecule has 0 aliphatic carbocycles. The second-order valence-corrected chi connectivity index (χ2v) is 4.97. The fourth-order valence-corrected chi connectivity index (χ4v) is 2.14. The molecule has 0 spiro atoms. The minimum atomic E-state index is 0.794. The van der Waals surface area contributed by atoms with Crippen LogP contribution in [0, 0.1) is 6.92 Å². The van der Waals surface area contributed by atoms with Crippen LogP contribution >= 0.6 is 27.5 Å². The number of hydrogen-bond acceptors (Lipinski definition) is 2. The molecule has 16 heavy (non-hydrogen) atoms. The number of halogens is 2. The first-order chi connectivity index (χ1) is 7.65. The molecule has 0 radical (unpaired) electrons. The molecule has 0 aromatic heterocycles. The Bertz CT molecular complexity index is 344. The van der Waals surface area contributed by atoms with Crippen LogP contribution in [0.2, 0.25) is 5.02 Å². The predicted molar refractivity (Wildman–Crippen MR) is 73.5 cm³/mol. The van der Waals surface area contributed by atoms with E-state index in [1.165, 1.54) is 0 Å². The summed E-state index contributed by atoms with van der Waals surface area (Å²) in [5.74, 6) is 0. The molecule has 0 unspecified atom stereocenters. The lowest BCUT2D eigenvalue weighted by molar-refractivity contribution is 0.194. The van der Waals surface area contributed by atoms with E-state index in [-0.39, 0.29) is 0 Å². The summed E-state index contributed by atoms with van der Waals surface area (Å²) in [6, 6.07) is 3.98. The van der Waals surface area contributed by atoms with Crippen LogP contribution in [0.1, 0.15) is 18.4 Å². The fraction of sp³-hybridized carbons (Fsp3) is 0.500. The Morgan fingerprint density at radius 2 is 2.12 bits per heavy atom. The van der Waals surface area contributed by atoms with Crippen molar-refractivity contribution in [3.63, 3.8) is 0 Å². The second kappa shape index (κ2) is 7.15. The highest BCUT2D eigenvalue weighted by Gasteiger charge is 2.03. The zero-order chi connectivity index (χ0) is 12.0. The van der Waals surface area contributed by atoms with Crippen molar-refractivity contribution in [2.75, 3.05) is 25.6 Å². The van der Waals surface area contributed by atoms with Gasteiger partial charge < -0.3 is 10.1 Å². The first kappa shape index (κ1) is 13.8. The standard InChI is InChI=1S/C12H17BrClNO/c1-9-7-10(13)12(8-11(9)14)15-5-3-4-6-16-2/h7-8,15H,3-6H2,1-2H3. The molecule has 1 aromatic carbocycles. The molecule has 0 amide bonds. The molecule has 2 nitrogen and oxygen atoms in total. The van der Waals surface area contributed by atoms with Gasteiger partial charge >= 0.3 is 0 Å². The molecule has 0 bridgehead atoms. The average molecular weight is 307 g/mol. The predicted octanol–water partition coefficient (Wildman–Crippen LogP) is 4.25. The summed E-state index contributed by atoms with van der Waals surface area (Å²) in [7, 11) is 1.73. The lowest BCUT2D eigenvalue weighted by Crippen LogP contribution is -2.03. The zero-order valence-corrected chi connectivity index (χ0v) is 12.0. The average Bonchev–Trinajstić information content (AvgIpc) is 2.25. The van der Waals surface area contributed by atoms with Gasteiger partial charge in [0.2, 0.25) is 0 Å². The topological polar surface area (TPSA) is 21.3 Å². The summed E-state index contributed by atoms with van der Waals surface area (Å²) in [5.41, 5.74) is 2.13. The van der Waals surface area contributed by atoms with E-state index in [0.29, 0.717) is 0 Å². The summed E-state index contributed by atoms with van der Waals surface area (Å²) in [5, 5.41) is 4.15. The van der Waals surface area contributed by atoms with Gasteiger partial charge in [0, 0.05) is 35.4 Å². The van der Waals surface area contributed by atoms with Gasteiger partial charge in [0.1, 0.15) is 0 Å². The number of unbranched alkanes of at least 4 members (excludes halogenated alkanes) is 1. The van der Waals surface area contributed by atoms with Gasteiger partial charge in [-0.2, -0.15) is 0 Å². The molecule has 0 heterocycles. The third-order valence-electron chi connectivity index (χ3n) is 2.34. The Hall–Kier alpha value is -0.250. The fourth-order valence-electron chi connectivity index (χ4n) is 1.38. The Balaban J connectivity index is 2.45. The number of nitrogens with one attached hydrogen (secondary N) is 1. The van der Waals surface area contributed by atoms with Gasteiger partial charge in [0.05, 0.1) is 0 Å². The van der Waals surface area contributed by atoms with Crippen molar-refractivity contribution in [2.24, 2.45) is 0 Å². The molecule has 0 atom stereocenters. The molecule has 0 aliphatic heterocycles. The van der Waals surface area contributed by atoms with E-state index in [2.05, 4.69) is 21.2 Å². The highest BCUT2D eigenvalue weighted by Crippen LogP contribution is 2.29. The Morgan fingerprint density at radius 1 is 1.38 bits per heavy atom. The highest BCUT2D eigenvalue weighted by molar-refractivity contribution is 9.10. The summed E-state index contributed by atoms with van der Waals surface area (Å²) in [4.78, 5) is 0. The van der Waals surface area contributed by atoms with Crippen LogP contribution in [0.25, 0.3) is 0 Å². The molecule has 0 aliphatic rings. The maximum absolute atomic E-state index is 6.07. The van der Waals surface area contributed by atoms with Gasteiger partial charge in [-0.15, -0.1) is 0 Å². The summed E-state index contributed by atoms with van der Waals surface area (Å²) >= 11 is 9.59. The lowest BCUT2D eigenvalue weighted by atomic mass is 10.2. The van der Waals surface area contributed by atoms with E-state index in [0.717, 1.165) is 46.7 Å². The van der Waals surface area contributed by atoms with Gasteiger partial charge in [-0.1, -0.05) is 11.6 Å². The van der Waals surface area contributed by atoms with Gasteiger partial charge in [0.25, 0.3) is 0 Å². The third kappa shape index (κ3) is 4.32. The van der Waals surface area contributed by atoms with E-state index >= 15 is 0 Å². The molecule has 1 rings (SSSR count). The van der Waals surface area contributed by atoms with E-state index in [9.17, 15) is 0 Å². The largest absolute Gasteiger partial charge is 0.385 e. The van der Waals surface area contributed by atoms with E-state index in [1.807, 2.05) is 19.1 Å². The van der Waals surface area contributed by atoms with Gasteiger partial charge in [0.15, 0.2) is 0 Å². The molecule has 1 aromatic rings. The molecule has 0 saturated carbocycles. The number of ether oxygens (including phenoxy) is 1. The van der Waals surface area contributed by atoms with Crippen LogP contribution in [0.3, 0.4) is 0 Å². The van der Waals surface area contributed by atoms with E-state index in [1.54, 1.807) is 7.11 Å². The quantitative estimate of drug-likeness (QED) is 0.793. The summed E-state index contributed by atoms with van der Waals surface area (Å²) in [6.45, 7) is 3.74. The summed E-state index contributed by atoms with van der Waals surface area (Å²) < 4.78 is 6.05. The number of methoxy groups -OCH3 is 1. The Labute approximate surface area is 110 Å². The van der Waals surface area contributed by atoms with Crippen LogP contribution in [-0.4, -0.2) is 20.3 Å². The van der Waals surface area contributed by atoms with Crippen molar-refractivity contribution < 1.29 is 4.74 Å². The number of aryl methyl sites for hydroxylation is 1. The first-order valence-electron chi connectivity index (χ1n) is 5.33. The molecule has 90 valence electrons.